The van der Waals surface area contributed by atoms with Crippen LogP contribution in [0.5, 0.6) is 0 Å². The first-order chi connectivity index (χ1) is 10.2. The molecule has 2 aromatic rings. The van der Waals surface area contributed by atoms with Crippen molar-refractivity contribution in [2.75, 3.05) is 5.33 Å². The molecule has 110 valence electrons. The topological polar surface area (TPSA) is 0 Å². The number of fused-ring (bicyclic) bond motifs is 1. The Kier molecular flexibility index (Phi) is 4.42. The van der Waals surface area contributed by atoms with Crippen LogP contribution < -0.4 is 0 Å². The first-order valence-corrected chi connectivity index (χ1v) is 9.08. The molecule has 1 aliphatic rings. The van der Waals surface area contributed by atoms with E-state index in [1.54, 1.807) is 0 Å². The molecule has 1 unspecified atom stereocenters. The molecule has 0 nitrogen and oxygen atoms in total. The van der Waals surface area contributed by atoms with Crippen LogP contribution in [0.2, 0.25) is 5.02 Å². The van der Waals surface area contributed by atoms with E-state index < -0.39 is 0 Å². The van der Waals surface area contributed by atoms with Gasteiger partial charge in [-0.25, -0.2) is 0 Å². The Balaban J connectivity index is 2.12. The van der Waals surface area contributed by atoms with E-state index in [9.17, 15) is 0 Å². The zero-order valence-corrected chi connectivity index (χ0v) is 14.7. The van der Waals surface area contributed by atoms with Gasteiger partial charge in [0.05, 0.1) is 0 Å². The monoisotopic (exact) mass is 362 g/mol. The zero-order chi connectivity index (χ0) is 14.9. The van der Waals surface area contributed by atoms with E-state index in [1.165, 1.54) is 41.5 Å². The van der Waals surface area contributed by atoms with Gasteiger partial charge in [0.15, 0.2) is 0 Å². The molecule has 0 saturated carbocycles. The van der Waals surface area contributed by atoms with Crippen LogP contribution in [-0.4, -0.2) is 5.33 Å². The Labute approximate surface area is 140 Å². The lowest BCUT2D eigenvalue weighted by Gasteiger charge is -2.31. The highest BCUT2D eigenvalue weighted by molar-refractivity contribution is 9.09. The molecule has 0 amide bonds. The van der Waals surface area contributed by atoms with Gasteiger partial charge in [-0.1, -0.05) is 63.4 Å². The molecule has 0 aromatic heterocycles. The van der Waals surface area contributed by atoms with Crippen molar-refractivity contribution >= 4 is 27.5 Å². The third-order valence-corrected chi connectivity index (χ3v) is 5.55. The first-order valence-electron chi connectivity index (χ1n) is 7.58. The van der Waals surface area contributed by atoms with E-state index in [-0.39, 0.29) is 5.41 Å². The molecule has 2 heteroatoms. The normalized spacial score (nSPS) is 20.5. The molecule has 0 spiro atoms. The summed E-state index contributed by atoms with van der Waals surface area (Å²) < 4.78 is 0. The Morgan fingerprint density at radius 3 is 2.62 bits per heavy atom. The molecule has 2 aromatic carbocycles. The largest absolute Gasteiger partial charge is 0.0928 e. The maximum Gasteiger partial charge on any atom is 0.0409 e. The second kappa shape index (κ2) is 6.14. The van der Waals surface area contributed by atoms with Gasteiger partial charge in [-0.3, -0.25) is 0 Å². The van der Waals surface area contributed by atoms with Crippen molar-refractivity contribution in [3.63, 3.8) is 0 Å². The highest BCUT2D eigenvalue weighted by atomic mass is 79.9. The number of rotatable bonds is 4. The van der Waals surface area contributed by atoms with Crippen LogP contribution in [-0.2, 0) is 11.8 Å². The van der Waals surface area contributed by atoms with E-state index in [0.717, 1.165) is 16.8 Å². The molecule has 3 rings (SSSR count). The standard InChI is InChI=1S/C19H20BrCl/c1-14-3-6-16(7-4-14)19(10-2-12-20)11-9-15-5-8-17(21)13-18(15)19/h3-8,13H,2,9-12H2,1H3. The van der Waals surface area contributed by atoms with Gasteiger partial charge in [0.1, 0.15) is 0 Å². The lowest BCUT2D eigenvalue weighted by molar-refractivity contribution is 0.465. The maximum atomic E-state index is 6.29. The molecule has 0 bridgehead atoms. The van der Waals surface area contributed by atoms with Crippen LogP contribution in [0.3, 0.4) is 0 Å². The summed E-state index contributed by atoms with van der Waals surface area (Å²) in [6.45, 7) is 2.15. The zero-order valence-electron chi connectivity index (χ0n) is 12.3. The molecule has 0 aliphatic heterocycles. The van der Waals surface area contributed by atoms with E-state index in [0.29, 0.717) is 0 Å². The van der Waals surface area contributed by atoms with Gasteiger partial charge >= 0.3 is 0 Å². The molecular formula is C19H20BrCl. The number of aryl methyl sites for hydroxylation is 2. The summed E-state index contributed by atoms with van der Waals surface area (Å²) in [5.74, 6) is 0. The Morgan fingerprint density at radius 2 is 1.90 bits per heavy atom. The average Bonchev–Trinajstić information content (AvgIpc) is 2.85. The fourth-order valence-electron chi connectivity index (χ4n) is 3.64. The summed E-state index contributed by atoms with van der Waals surface area (Å²) in [6.07, 6.45) is 4.70. The summed E-state index contributed by atoms with van der Waals surface area (Å²) in [5.41, 5.74) is 5.81. The quantitative estimate of drug-likeness (QED) is 0.579. The molecule has 0 fully saturated rings. The second-order valence-electron chi connectivity index (χ2n) is 6.04. The van der Waals surface area contributed by atoms with Crippen molar-refractivity contribution in [1.82, 2.24) is 0 Å². The van der Waals surface area contributed by atoms with Crippen molar-refractivity contribution in [3.8, 4) is 0 Å². The van der Waals surface area contributed by atoms with Crippen molar-refractivity contribution in [2.45, 2.75) is 38.0 Å². The van der Waals surface area contributed by atoms with Crippen molar-refractivity contribution < 1.29 is 0 Å². The lowest BCUT2D eigenvalue weighted by atomic mass is 9.72. The molecule has 0 heterocycles. The molecule has 1 atom stereocenters. The summed E-state index contributed by atoms with van der Waals surface area (Å²) in [6, 6.07) is 15.5. The van der Waals surface area contributed by atoms with Crippen molar-refractivity contribution in [1.29, 1.82) is 0 Å². The highest BCUT2D eigenvalue weighted by Crippen LogP contribution is 2.48. The molecule has 0 N–H and O–H groups in total. The molecule has 0 saturated heterocycles. The lowest BCUT2D eigenvalue weighted by Crippen LogP contribution is -2.25. The molecule has 1 aliphatic carbocycles. The second-order valence-corrected chi connectivity index (χ2v) is 7.27. The molecule has 0 radical (unpaired) electrons. The number of hydrogen-bond acceptors (Lipinski definition) is 0. The summed E-state index contributed by atoms with van der Waals surface area (Å²) in [5, 5.41) is 1.90. The van der Waals surface area contributed by atoms with Crippen LogP contribution in [0.4, 0.5) is 0 Å². The van der Waals surface area contributed by atoms with Gasteiger partial charge in [0.2, 0.25) is 0 Å². The van der Waals surface area contributed by atoms with Crippen LogP contribution in [0.25, 0.3) is 0 Å². The fourth-order valence-corrected chi connectivity index (χ4v) is 4.09. The predicted molar refractivity (Wildman–Crippen MR) is 94.8 cm³/mol. The van der Waals surface area contributed by atoms with E-state index in [1.807, 2.05) is 6.07 Å². The van der Waals surface area contributed by atoms with Crippen LogP contribution in [0.15, 0.2) is 42.5 Å². The third-order valence-electron chi connectivity index (χ3n) is 4.75. The minimum atomic E-state index is 0.141. The van der Waals surface area contributed by atoms with E-state index in [2.05, 4.69) is 59.3 Å². The van der Waals surface area contributed by atoms with Crippen LogP contribution in [0, 0.1) is 6.92 Å². The fraction of sp³-hybridized carbons (Fsp3) is 0.368. The molecular weight excluding hydrogens is 344 g/mol. The third kappa shape index (κ3) is 2.78. The van der Waals surface area contributed by atoms with Gasteiger partial charge in [-0.05, 0) is 61.4 Å². The number of hydrogen-bond donors (Lipinski definition) is 0. The number of halogens is 2. The number of benzene rings is 2. The summed E-state index contributed by atoms with van der Waals surface area (Å²) in [4.78, 5) is 0. The Hall–Kier alpha value is -0.790. The molecule has 21 heavy (non-hydrogen) atoms. The Morgan fingerprint density at radius 1 is 1.14 bits per heavy atom. The van der Waals surface area contributed by atoms with Crippen LogP contribution in [0.1, 0.15) is 41.5 Å². The van der Waals surface area contributed by atoms with Crippen molar-refractivity contribution in [3.05, 3.63) is 69.7 Å². The number of alkyl halides is 1. The Bertz CT molecular complexity index is 633. The van der Waals surface area contributed by atoms with Gasteiger partial charge in [0.25, 0.3) is 0 Å². The summed E-state index contributed by atoms with van der Waals surface area (Å²) >= 11 is 9.88. The van der Waals surface area contributed by atoms with Crippen molar-refractivity contribution in [2.24, 2.45) is 0 Å². The van der Waals surface area contributed by atoms with E-state index >= 15 is 0 Å². The first kappa shape index (κ1) is 15.1. The minimum absolute atomic E-state index is 0.141. The van der Waals surface area contributed by atoms with Gasteiger partial charge in [-0.15, -0.1) is 0 Å². The summed E-state index contributed by atoms with van der Waals surface area (Å²) in [7, 11) is 0. The van der Waals surface area contributed by atoms with Gasteiger partial charge < -0.3 is 0 Å². The highest BCUT2D eigenvalue weighted by Gasteiger charge is 2.39. The minimum Gasteiger partial charge on any atom is -0.0928 e. The SMILES string of the molecule is Cc1ccc(C2(CCCBr)CCc3ccc(Cl)cc32)cc1. The van der Waals surface area contributed by atoms with E-state index in [4.69, 9.17) is 11.6 Å². The van der Waals surface area contributed by atoms with Gasteiger partial charge in [0, 0.05) is 15.8 Å². The predicted octanol–water partition coefficient (Wildman–Crippen LogP) is 6.06. The van der Waals surface area contributed by atoms with Gasteiger partial charge in [-0.2, -0.15) is 0 Å². The maximum absolute atomic E-state index is 6.29. The average molecular weight is 364 g/mol. The smallest absolute Gasteiger partial charge is 0.0409 e. The van der Waals surface area contributed by atoms with Crippen LogP contribution >= 0.6 is 27.5 Å².